The molecule has 0 amide bonds. The van der Waals surface area contributed by atoms with Crippen LogP contribution in [-0.2, 0) is 30.0 Å². The predicted molar refractivity (Wildman–Crippen MR) is 48.9 cm³/mol. The molecule has 0 aromatic heterocycles. The van der Waals surface area contributed by atoms with Crippen LogP contribution in [0.2, 0.25) is 0 Å². The molecule has 5 heteroatoms. The van der Waals surface area contributed by atoms with Crippen LogP contribution < -0.4 is 10.2 Å². The van der Waals surface area contributed by atoms with E-state index in [1.165, 1.54) is 0 Å². The van der Waals surface area contributed by atoms with Crippen LogP contribution in [0, 0.1) is 11.8 Å². The van der Waals surface area contributed by atoms with E-state index in [9.17, 15) is 19.8 Å². The number of carbonyl (C=O) groups excluding carboxylic acids is 2. The number of carboxylic acids is 2. The van der Waals surface area contributed by atoms with Crippen LogP contribution in [0.1, 0.15) is 40.5 Å². The van der Waals surface area contributed by atoms with Crippen LogP contribution in [0.15, 0.2) is 0 Å². The van der Waals surface area contributed by atoms with Gasteiger partial charge in [-0.3, -0.25) is 0 Å². The quantitative estimate of drug-likeness (QED) is 0.660. The summed E-state index contributed by atoms with van der Waals surface area (Å²) in [5.41, 5.74) is 0. The van der Waals surface area contributed by atoms with Crippen molar-refractivity contribution in [3.05, 3.63) is 0 Å². The Balaban J connectivity index is -0.000000180. The first-order valence-electron chi connectivity index (χ1n) is 4.65. The molecule has 0 aromatic carbocycles. The smallest absolute Gasteiger partial charge is 0.550 e. The molecule has 0 aliphatic carbocycles. The Kier molecular flexibility index (Phi) is 15.6. The number of hydrogen-bond donors (Lipinski definition) is 0. The molecular weight excluding hydrogens is 291 g/mol. The molecule has 15 heavy (non-hydrogen) atoms. The van der Waals surface area contributed by atoms with E-state index >= 15 is 0 Å². The third-order valence-electron chi connectivity index (χ3n) is 1.15. The van der Waals surface area contributed by atoms with Gasteiger partial charge in [0.1, 0.15) is 0 Å². The van der Waals surface area contributed by atoms with Gasteiger partial charge in [-0.05, 0) is 24.7 Å². The summed E-state index contributed by atoms with van der Waals surface area (Å²) < 4.78 is 0. The maximum atomic E-state index is 9.70. The fourth-order valence-corrected chi connectivity index (χ4v) is 0.667. The predicted octanol–water partition coefficient (Wildman–Crippen LogP) is -0.438. The van der Waals surface area contributed by atoms with Crippen molar-refractivity contribution in [2.75, 3.05) is 0 Å². The molecule has 0 rings (SSSR count). The molecule has 0 aliphatic heterocycles. The summed E-state index contributed by atoms with van der Waals surface area (Å²) in [4.78, 5) is 19.4. The Morgan fingerprint density at radius 3 is 1.07 bits per heavy atom. The zero-order valence-corrected chi connectivity index (χ0v) is 11.1. The summed E-state index contributed by atoms with van der Waals surface area (Å²) >= 11 is 0. The standard InChI is InChI=1S/2C5H10O2.Pd/c2*1-4(2)3-5(6)7;/h2*4H,3H2,1-2H3,(H,6,7);/q;;+2/p-2. The van der Waals surface area contributed by atoms with Crippen LogP contribution in [0.3, 0.4) is 0 Å². The average molecular weight is 309 g/mol. The van der Waals surface area contributed by atoms with E-state index < -0.39 is 11.9 Å². The Hall–Kier alpha value is -0.398. The van der Waals surface area contributed by atoms with Gasteiger partial charge in [-0.2, -0.15) is 0 Å². The Bertz CT molecular complexity index is 158. The minimum atomic E-state index is -0.963. The SMILES string of the molecule is CC(C)CC(=O)[O-].CC(C)CC(=O)[O-].[Pd+2]. The second kappa shape index (κ2) is 11.7. The molecule has 0 bridgehead atoms. The normalized spacial score (nSPS) is 8.93. The third kappa shape index (κ3) is 31.7. The molecule has 92 valence electrons. The maximum Gasteiger partial charge on any atom is 2.00 e. The van der Waals surface area contributed by atoms with Gasteiger partial charge in [0.05, 0.1) is 0 Å². The van der Waals surface area contributed by atoms with E-state index in [1.54, 1.807) is 0 Å². The topological polar surface area (TPSA) is 80.3 Å². The fraction of sp³-hybridized carbons (Fsp3) is 0.800. The number of carbonyl (C=O) groups is 2. The Labute approximate surface area is 105 Å². The van der Waals surface area contributed by atoms with Gasteiger partial charge in [0.25, 0.3) is 0 Å². The average Bonchev–Trinajstić information content (AvgIpc) is 1.79. The fourth-order valence-electron chi connectivity index (χ4n) is 0.667. The first kappa shape index (κ1) is 20.1. The largest absolute Gasteiger partial charge is 2.00 e. The first-order valence-corrected chi connectivity index (χ1v) is 4.65. The van der Waals surface area contributed by atoms with Crippen LogP contribution in [0.5, 0.6) is 0 Å². The zero-order chi connectivity index (χ0) is 11.7. The van der Waals surface area contributed by atoms with Crippen molar-refractivity contribution in [3.63, 3.8) is 0 Å². The van der Waals surface area contributed by atoms with Crippen molar-refractivity contribution >= 4 is 11.9 Å². The number of aliphatic carboxylic acids is 2. The summed E-state index contributed by atoms with van der Waals surface area (Å²) in [5.74, 6) is -1.50. The summed E-state index contributed by atoms with van der Waals surface area (Å²) in [6.45, 7) is 7.37. The molecule has 0 saturated carbocycles. The van der Waals surface area contributed by atoms with Gasteiger partial charge >= 0.3 is 20.4 Å². The molecule has 0 radical (unpaired) electrons. The maximum absolute atomic E-state index is 9.70. The molecule has 4 nitrogen and oxygen atoms in total. The molecular formula is C10H18O4Pd. The molecule has 0 N–H and O–H groups in total. The second-order valence-electron chi connectivity index (χ2n) is 3.94. The van der Waals surface area contributed by atoms with Crippen LogP contribution in [0.25, 0.3) is 0 Å². The van der Waals surface area contributed by atoms with Gasteiger partial charge in [-0.15, -0.1) is 0 Å². The first-order chi connectivity index (χ1) is 6.25. The Morgan fingerprint density at radius 1 is 0.867 bits per heavy atom. The molecule has 0 aliphatic rings. The molecule has 0 fully saturated rings. The summed E-state index contributed by atoms with van der Waals surface area (Å²) in [6, 6.07) is 0. The summed E-state index contributed by atoms with van der Waals surface area (Å²) in [6.07, 6.45) is 0.333. The number of hydrogen-bond acceptors (Lipinski definition) is 4. The van der Waals surface area contributed by atoms with Crippen molar-refractivity contribution < 1.29 is 40.2 Å². The minimum Gasteiger partial charge on any atom is -0.550 e. The van der Waals surface area contributed by atoms with Crippen molar-refractivity contribution in [1.29, 1.82) is 0 Å². The van der Waals surface area contributed by atoms with Crippen LogP contribution in [0.4, 0.5) is 0 Å². The van der Waals surface area contributed by atoms with E-state index in [1.807, 2.05) is 27.7 Å². The minimum absolute atomic E-state index is 0. The number of rotatable bonds is 4. The third-order valence-corrected chi connectivity index (χ3v) is 1.15. The van der Waals surface area contributed by atoms with Crippen LogP contribution in [-0.4, -0.2) is 11.9 Å². The van der Waals surface area contributed by atoms with E-state index in [4.69, 9.17) is 0 Å². The van der Waals surface area contributed by atoms with Gasteiger partial charge in [-0.25, -0.2) is 0 Å². The van der Waals surface area contributed by atoms with E-state index in [2.05, 4.69) is 0 Å². The van der Waals surface area contributed by atoms with E-state index in [0.717, 1.165) is 0 Å². The van der Waals surface area contributed by atoms with E-state index in [-0.39, 0.29) is 45.1 Å². The van der Waals surface area contributed by atoms with Gasteiger partial charge in [0.15, 0.2) is 0 Å². The van der Waals surface area contributed by atoms with Crippen molar-refractivity contribution in [2.24, 2.45) is 11.8 Å². The second-order valence-corrected chi connectivity index (χ2v) is 3.94. The van der Waals surface area contributed by atoms with Crippen molar-refractivity contribution in [2.45, 2.75) is 40.5 Å². The van der Waals surface area contributed by atoms with Gasteiger partial charge < -0.3 is 19.8 Å². The zero-order valence-electron chi connectivity index (χ0n) is 9.52. The molecule has 0 spiro atoms. The molecule has 0 heterocycles. The molecule has 0 atom stereocenters. The molecule has 0 aromatic rings. The molecule has 0 saturated heterocycles. The summed E-state index contributed by atoms with van der Waals surface area (Å²) in [7, 11) is 0. The van der Waals surface area contributed by atoms with Gasteiger partial charge in [0.2, 0.25) is 0 Å². The number of carboxylic acid groups (broad SMARTS) is 2. The van der Waals surface area contributed by atoms with E-state index in [0.29, 0.717) is 0 Å². The Morgan fingerprint density at radius 2 is 1.07 bits per heavy atom. The van der Waals surface area contributed by atoms with Gasteiger partial charge in [0, 0.05) is 11.9 Å². The monoisotopic (exact) mass is 308 g/mol. The van der Waals surface area contributed by atoms with Crippen molar-refractivity contribution in [3.8, 4) is 0 Å². The van der Waals surface area contributed by atoms with Gasteiger partial charge in [-0.1, -0.05) is 27.7 Å². The molecule has 0 unspecified atom stereocenters. The van der Waals surface area contributed by atoms with Crippen molar-refractivity contribution in [1.82, 2.24) is 0 Å². The summed E-state index contributed by atoms with van der Waals surface area (Å²) in [5, 5.41) is 19.4. The van der Waals surface area contributed by atoms with Crippen LogP contribution >= 0.6 is 0 Å².